The van der Waals surface area contributed by atoms with Gasteiger partial charge in [-0.3, -0.25) is 4.68 Å². The SMILES string of the molecule is Cn1nccc1CN(CCc1ccc(F)cc1)S(=O)(=O)c1ccc(Br)s1. The predicted molar refractivity (Wildman–Crippen MR) is 103 cm³/mol. The van der Waals surface area contributed by atoms with E-state index in [1.165, 1.54) is 27.8 Å². The van der Waals surface area contributed by atoms with Crippen LogP contribution in [0.25, 0.3) is 0 Å². The van der Waals surface area contributed by atoms with Gasteiger partial charge in [0.1, 0.15) is 10.0 Å². The van der Waals surface area contributed by atoms with Gasteiger partial charge in [-0.25, -0.2) is 12.8 Å². The van der Waals surface area contributed by atoms with Crippen LogP contribution in [0.4, 0.5) is 4.39 Å². The normalized spacial score (nSPS) is 12.0. The van der Waals surface area contributed by atoms with Crippen LogP contribution in [0.3, 0.4) is 0 Å². The molecular formula is C17H17BrFN3O2S2. The number of aromatic nitrogens is 2. The quantitative estimate of drug-likeness (QED) is 0.541. The van der Waals surface area contributed by atoms with Gasteiger partial charge in [0.2, 0.25) is 0 Å². The first-order valence-electron chi connectivity index (χ1n) is 7.83. The average Bonchev–Trinajstić information content (AvgIpc) is 3.22. The number of benzene rings is 1. The third-order valence-electron chi connectivity index (χ3n) is 3.97. The van der Waals surface area contributed by atoms with E-state index in [0.29, 0.717) is 6.42 Å². The highest BCUT2D eigenvalue weighted by molar-refractivity contribution is 9.11. The molecule has 0 spiro atoms. The number of hydrogen-bond donors (Lipinski definition) is 0. The lowest BCUT2D eigenvalue weighted by Gasteiger charge is -2.21. The summed E-state index contributed by atoms with van der Waals surface area (Å²) in [5.74, 6) is -0.309. The van der Waals surface area contributed by atoms with E-state index in [4.69, 9.17) is 0 Å². The molecule has 138 valence electrons. The predicted octanol–water partition coefficient (Wildman–Crippen LogP) is 3.82. The van der Waals surface area contributed by atoms with Crippen molar-refractivity contribution in [3.8, 4) is 0 Å². The Morgan fingerprint density at radius 2 is 1.92 bits per heavy atom. The van der Waals surface area contributed by atoms with E-state index < -0.39 is 10.0 Å². The lowest BCUT2D eigenvalue weighted by molar-refractivity contribution is 0.399. The summed E-state index contributed by atoms with van der Waals surface area (Å²) in [6.45, 7) is 0.504. The number of halogens is 2. The Balaban J connectivity index is 1.86. The number of rotatable bonds is 7. The zero-order valence-corrected chi connectivity index (χ0v) is 17.2. The first-order chi connectivity index (χ1) is 12.4. The van der Waals surface area contributed by atoms with Crippen molar-refractivity contribution < 1.29 is 12.8 Å². The third kappa shape index (κ3) is 4.40. The van der Waals surface area contributed by atoms with Gasteiger partial charge in [-0.1, -0.05) is 12.1 Å². The summed E-state index contributed by atoms with van der Waals surface area (Å²) < 4.78 is 43.4. The highest BCUT2D eigenvalue weighted by Crippen LogP contribution is 2.29. The van der Waals surface area contributed by atoms with E-state index in [1.807, 2.05) is 0 Å². The second-order valence-electron chi connectivity index (χ2n) is 5.72. The van der Waals surface area contributed by atoms with E-state index in [1.54, 1.807) is 48.3 Å². The van der Waals surface area contributed by atoms with Crippen LogP contribution >= 0.6 is 27.3 Å². The van der Waals surface area contributed by atoms with Gasteiger partial charge in [0.05, 0.1) is 16.0 Å². The van der Waals surface area contributed by atoms with Crippen LogP contribution in [0.1, 0.15) is 11.3 Å². The number of sulfonamides is 1. The molecule has 9 heteroatoms. The second-order valence-corrected chi connectivity index (χ2v) is 10.3. The van der Waals surface area contributed by atoms with Gasteiger partial charge < -0.3 is 0 Å². The van der Waals surface area contributed by atoms with E-state index >= 15 is 0 Å². The molecule has 0 atom stereocenters. The molecule has 26 heavy (non-hydrogen) atoms. The summed E-state index contributed by atoms with van der Waals surface area (Å²) in [7, 11) is -1.87. The molecule has 0 unspecified atom stereocenters. The first-order valence-corrected chi connectivity index (χ1v) is 10.9. The standard InChI is InChI=1S/C17H17BrFN3O2S2/c1-21-15(8-10-20-21)12-22(11-9-13-2-4-14(19)5-3-13)26(23,24)17-7-6-16(18)25-17/h2-8,10H,9,11-12H2,1H3. The van der Waals surface area contributed by atoms with Crippen molar-refractivity contribution in [3.05, 3.63) is 69.5 Å². The summed E-state index contributed by atoms with van der Waals surface area (Å²) in [6.07, 6.45) is 2.13. The van der Waals surface area contributed by atoms with Crippen molar-refractivity contribution in [2.45, 2.75) is 17.2 Å². The van der Waals surface area contributed by atoms with E-state index in [0.717, 1.165) is 15.0 Å². The number of aryl methyl sites for hydroxylation is 1. The summed E-state index contributed by atoms with van der Waals surface area (Å²) in [5, 5.41) is 4.11. The van der Waals surface area contributed by atoms with Crippen molar-refractivity contribution in [2.24, 2.45) is 7.05 Å². The molecule has 0 aliphatic rings. The summed E-state index contributed by atoms with van der Waals surface area (Å²) >= 11 is 4.49. The molecule has 1 aromatic carbocycles. The fraction of sp³-hybridized carbons (Fsp3) is 0.235. The topological polar surface area (TPSA) is 55.2 Å². The fourth-order valence-corrected chi connectivity index (χ4v) is 6.07. The number of thiophene rings is 1. The Morgan fingerprint density at radius 1 is 1.19 bits per heavy atom. The monoisotopic (exact) mass is 457 g/mol. The van der Waals surface area contributed by atoms with Gasteiger partial charge in [-0.05, 0) is 58.2 Å². The van der Waals surface area contributed by atoms with Crippen LogP contribution in [0.2, 0.25) is 0 Å². The smallest absolute Gasteiger partial charge is 0.252 e. The lowest BCUT2D eigenvalue weighted by Crippen LogP contribution is -2.32. The second kappa shape index (κ2) is 7.99. The van der Waals surface area contributed by atoms with Crippen LogP contribution in [0.5, 0.6) is 0 Å². The van der Waals surface area contributed by atoms with Crippen LogP contribution in [0, 0.1) is 5.82 Å². The molecule has 0 saturated carbocycles. The van der Waals surface area contributed by atoms with Crippen molar-refractivity contribution in [1.82, 2.24) is 14.1 Å². The molecule has 0 amide bonds. The summed E-state index contributed by atoms with van der Waals surface area (Å²) in [5.41, 5.74) is 1.67. The number of nitrogens with zero attached hydrogens (tertiary/aromatic N) is 3. The van der Waals surface area contributed by atoms with E-state index in [9.17, 15) is 12.8 Å². The minimum absolute atomic E-state index is 0.218. The maximum Gasteiger partial charge on any atom is 0.252 e. The molecule has 3 rings (SSSR count). The molecule has 2 aromatic heterocycles. The number of hydrogen-bond acceptors (Lipinski definition) is 4. The summed E-state index contributed by atoms with van der Waals surface area (Å²) in [4.78, 5) is 0. The van der Waals surface area contributed by atoms with Crippen molar-refractivity contribution in [3.63, 3.8) is 0 Å². The molecule has 0 saturated heterocycles. The largest absolute Gasteiger partial charge is 0.271 e. The van der Waals surface area contributed by atoms with Gasteiger partial charge in [0, 0.05) is 19.8 Å². The minimum atomic E-state index is -3.64. The molecule has 0 aliphatic heterocycles. The zero-order chi connectivity index (χ0) is 18.7. The Hall–Kier alpha value is -1.55. The van der Waals surface area contributed by atoms with Crippen LogP contribution < -0.4 is 0 Å². The van der Waals surface area contributed by atoms with Gasteiger partial charge in [0.25, 0.3) is 10.0 Å². The van der Waals surface area contributed by atoms with Gasteiger partial charge in [-0.2, -0.15) is 9.40 Å². The Bertz CT molecular complexity index is 984. The Kier molecular flexibility index (Phi) is 5.91. The maximum absolute atomic E-state index is 13.1. The van der Waals surface area contributed by atoms with E-state index in [2.05, 4.69) is 21.0 Å². The average molecular weight is 458 g/mol. The zero-order valence-electron chi connectivity index (χ0n) is 14.0. The van der Waals surface area contributed by atoms with Gasteiger partial charge >= 0.3 is 0 Å². The highest BCUT2D eigenvalue weighted by Gasteiger charge is 2.27. The molecule has 0 aliphatic carbocycles. The molecule has 0 N–H and O–H groups in total. The van der Waals surface area contributed by atoms with Gasteiger partial charge in [0.15, 0.2) is 0 Å². The lowest BCUT2D eigenvalue weighted by atomic mass is 10.1. The highest BCUT2D eigenvalue weighted by atomic mass is 79.9. The molecule has 3 aromatic rings. The van der Waals surface area contributed by atoms with Gasteiger partial charge in [-0.15, -0.1) is 11.3 Å². The van der Waals surface area contributed by atoms with Crippen molar-refractivity contribution in [2.75, 3.05) is 6.54 Å². The minimum Gasteiger partial charge on any atom is -0.271 e. The van der Waals surface area contributed by atoms with Crippen LogP contribution in [-0.2, 0) is 30.0 Å². The summed E-state index contributed by atoms with van der Waals surface area (Å²) in [6, 6.07) is 11.2. The Morgan fingerprint density at radius 3 is 2.50 bits per heavy atom. The molecular weight excluding hydrogens is 441 g/mol. The van der Waals surface area contributed by atoms with Crippen LogP contribution in [0.15, 0.2) is 56.7 Å². The Labute approximate surface area is 164 Å². The molecule has 0 bridgehead atoms. The third-order valence-corrected chi connectivity index (χ3v) is 7.90. The fourth-order valence-electron chi connectivity index (χ4n) is 2.49. The molecule has 0 radical (unpaired) electrons. The van der Waals surface area contributed by atoms with Crippen molar-refractivity contribution >= 4 is 37.3 Å². The molecule has 2 heterocycles. The van der Waals surface area contributed by atoms with Crippen LogP contribution in [-0.4, -0.2) is 29.0 Å². The molecule has 0 fully saturated rings. The van der Waals surface area contributed by atoms with E-state index in [-0.39, 0.29) is 23.1 Å². The maximum atomic E-state index is 13.1. The first kappa shape index (κ1) is 19.2. The van der Waals surface area contributed by atoms with Crippen molar-refractivity contribution in [1.29, 1.82) is 0 Å². The molecule has 5 nitrogen and oxygen atoms in total.